The Morgan fingerprint density at radius 2 is 1.70 bits per heavy atom. The molecule has 2 unspecified atom stereocenters. The first-order chi connectivity index (χ1) is 9.77. The Bertz CT molecular complexity index is 451. The van der Waals surface area contributed by atoms with E-state index in [1.807, 2.05) is 13.0 Å². The van der Waals surface area contributed by atoms with Crippen molar-refractivity contribution in [2.45, 2.75) is 63.7 Å². The van der Waals surface area contributed by atoms with Gasteiger partial charge in [-0.25, -0.2) is 0 Å². The van der Waals surface area contributed by atoms with E-state index in [-0.39, 0.29) is 18.1 Å². The predicted octanol–water partition coefficient (Wildman–Crippen LogP) is 3.23. The Labute approximate surface area is 121 Å². The Balaban J connectivity index is 1.86. The van der Waals surface area contributed by atoms with E-state index in [0.717, 1.165) is 12.8 Å². The number of rotatable bonds is 2. The van der Waals surface area contributed by atoms with Gasteiger partial charge in [-0.3, -0.25) is 10.1 Å². The first-order valence-electron chi connectivity index (χ1n) is 7.90. The molecule has 1 heterocycles. The summed E-state index contributed by atoms with van der Waals surface area (Å²) in [7, 11) is 0. The van der Waals surface area contributed by atoms with Gasteiger partial charge in [0.15, 0.2) is 0 Å². The molecule has 0 bridgehead atoms. The molecule has 3 rings (SSSR count). The predicted molar refractivity (Wildman–Crippen MR) is 80.1 cm³/mol. The van der Waals surface area contributed by atoms with Gasteiger partial charge in [-0.1, -0.05) is 56.0 Å². The third-order valence-electron chi connectivity index (χ3n) is 4.64. The van der Waals surface area contributed by atoms with E-state index in [0.29, 0.717) is 6.04 Å². The summed E-state index contributed by atoms with van der Waals surface area (Å²) in [4.78, 5) is 14.7. The second-order valence-electron chi connectivity index (χ2n) is 6.09. The molecule has 1 saturated heterocycles. The van der Waals surface area contributed by atoms with Crippen LogP contribution < -0.4 is 5.32 Å². The fraction of sp³-hybridized carbons (Fsp3) is 0.588. The SMILES string of the molecule is CC1NC(c2ccccc2)N(C2CCCCCC2)C1=O. The molecule has 1 aromatic carbocycles. The molecule has 20 heavy (non-hydrogen) atoms. The number of nitrogens with one attached hydrogen (secondary N) is 1. The Morgan fingerprint density at radius 1 is 1.05 bits per heavy atom. The molecule has 3 heteroatoms. The van der Waals surface area contributed by atoms with Crippen LogP contribution in [-0.2, 0) is 4.79 Å². The molecule has 1 N–H and O–H groups in total. The standard InChI is InChI=1S/C17H24N2O/c1-13-17(20)19(15-11-7-2-3-8-12-15)16(18-13)14-9-5-4-6-10-14/h4-6,9-10,13,15-16,18H,2-3,7-8,11-12H2,1H3. The van der Waals surface area contributed by atoms with Crippen molar-refractivity contribution in [2.75, 3.05) is 0 Å². The normalized spacial score (nSPS) is 28.6. The van der Waals surface area contributed by atoms with E-state index in [4.69, 9.17) is 0 Å². The van der Waals surface area contributed by atoms with Crippen LogP contribution in [0.4, 0.5) is 0 Å². The topological polar surface area (TPSA) is 32.3 Å². The van der Waals surface area contributed by atoms with Crippen molar-refractivity contribution in [1.82, 2.24) is 10.2 Å². The largest absolute Gasteiger partial charge is 0.319 e. The lowest BCUT2D eigenvalue weighted by molar-refractivity contribution is -0.132. The van der Waals surface area contributed by atoms with Gasteiger partial charge in [0.25, 0.3) is 0 Å². The van der Waals surface area contributed by atoms with Crippen LogP contribution in [0.15, 0.2) is 30.3 Å². The third-order valence-corrected chi connectivity index (χ3v) is 4.64. The maximum atomic E-state index is 12.6. The summed E-state index contributed by atoms with van der Waals surface area (Å²) >= 11 is 0. The number of hydrogen-bond donors (Lipinski definition) is 1. The summed E-state index contributed by atoms with van der Waals surface area (Å²) in [5.74, 6) is 0.269. The minimum absolute atomic E-state index is 0.0572. The maximum absolute atomic E-state index is 12.6. The molecular weight excluding hydrogens is 248 g/mol. The van der Waals surface area contributed by atoms with Gasteiger partial charge in [-0.15, -0.1) is 0 Å². The molecule has 1 saturated carbocycles. The van der Waals surface area contributed by atoms with Gasteiger partial charge >= 0.3 is 0 Å². The zero-order valence-electron chi connectivity index (χ0n) is 12.2. The van der Waals surface area contributed by atoms with E-state index in [1.165, 1.54) is 31.2 Å². The van der Waals surface area contributed by atoms with Crippen molar-refractivity contribution >= 4 is 5.91 Å². The molecule has 2 fully saturated rings. The van der Waals surface area contributed by atoms with Crippen LogP contribution in [0.2, 0.25) is 0 Å². The van der Waals surface area contributed by atoms with Crippen molar-refractivity contribution in [2.24, 2.45) is 0 Å². The lowest BCUT2D eigenvalue weighted by Gasteiger charge is -2.32. The monoisotopic (exact) mass is 272 g/mol. The van der Waals surface area contributed by atoms with Gasteiger partial charge < -0.3 is 4.90 Å². The van der Waals surface area contributed by atoms with E-state index >= 15 is 0 Å². The summed E-state index contributed by atoms with van der Waals surface area (Å²) in [5.41, 5.74) is 1.20. The molecule has 3 nitrogen and oxygen atoms in total. The number of carbonyl (C=O) groups excluding carboxylic acids is 1. The molecule has 1 amide bonds. The lowest BCUT2D eigenvalue weighted by Crippen LogP contribution is -2.39. The van der Waals surface area contributed by atoms with Gasteiger partial charge in [-0.05, 0) is 25.3 Å². The average molecular weight is 272 g/mol. The summed E-state index contributed by atoms with van der Waals surface area (Å²) in [6.07, 6.45) is 7.51. The van der Waals surface area contributed by atoms with Crippen LogP contribution in [0, 0.1) is 0 Å². The van der Waals surface area contributed by atoms with Crippen LogP contribution >= 0.6 is 0 Å². The van der Waals surface area contributed by atoms with Crippen LogP contribution in [-0.4, -0.2) is 22.9 Å². The average Bonchev–Trinajstić information content (AvgIpc) is 2.68. The number of hydrogen-bond acceptors (Lipinski definition) is 2. The first-order valence-corrected chi connectivity index (χ1v) is 7.90. The smallest absolute Gasteiger partial charge is 0.241 e. The number of nitrogens with zero attached hydrogens (tertiary/aromatic N) is 1. The molecular formula is C17H24N2O. The van der Waals surface area contributed by atoms with Gasteiger partial charge in [0.05, 0.1) is 6.04 Å². The van der Waals surface area contributed by atoms with Crippen LogP contribution in [0.3, 0.4) is 0 Å². The highest BCUT2D eigenvalue weighted by atomic mass is 16.2. The zero-order chi connectivity index (χ0) is 13.9. The van der Waals surface area contributed by atoms with Crippen LogP contribution in [0.25, 0.3) is 0 Å². The second-order valence-corrected chi connectivity index (χ2v) is 6.09. The van der Waals surface area contributed by atoms with Crippen molar-refractivity contribution in [1.29, 1.82) is 0 Å². The molecule has 1 aromatic rings. The fourth-order valence-electron chi connectivity index (χ4n) is 3.56. The molecule has 2 aliphatic rings. The molecule has 0 aromatic heterocycles. The molecule has 1 aliphatic heterocycles. The second kappa shape index (κ2) is 5.96. The first kappa shape index (κ1) is 13.6. The van der Waals surface area contributed by atoms with Gasteiger partial charge in [0, 0.05) is 6.04 Å². The highest BCUT2D eigenvalue weighted by molar-refractivity contribution is 5.84. The maximum Gasteiger partial charge on any atom is 0.241 e. The quantitative estimate of drug-likeness (QED) is 0.838. The summed E-state index contributed by atoms with van der Waals surface area (Å²) in [6, 6.07) is 10.7. The zero-order valence-corrected chi connectivity index (χ0v) is 12.2. The van der Waals surface area contributed by atoms with Crippen molar-refractivity contribution < 1.29 is 4.79 Å². The minimum Gasteiger partial charge on any atom is -0.319 e. The van der Waals surface area contributed by atoms with E-state index in [1.54, 1.807) is 0 Å². The third kappa shape index (κ3) is 2.59. The Morgan fingerprint density at radius 3 is 2.35 bits per heavy atom. The van der Waals surface area contributed by atoms with Crippen LogP contribution in [0.5, 0.6) is 0 Å². The van der Waals surface area contributed by atoms with Crippen LogP contribution in [0.1, 0.15) is 57.2 Å². The summed E-state index contributed by atoms with van der Waals surface area (Å²) in [5, 5.41) is 3.46. The Hall–Kier alpha value is -1.35. The highest BCUT2D eigenvalue weighted by Crippen LogP contribution is 2.32. The van der Waals surface area contributed by atoms with Crippen molar-refractivity contribution in [3.63, 3.8) is 0 Å². The lowest BCUT2D eigenvalue weighted by atomic mass is 10.0. The van der Waals surface area contributed by atoms with Crippen molar-refractivity contribution in [3.05, 3.63) is 35.9 Å². The van der Waals surface area contributed by atoms with E-state index < -0.39 is 0 Å². The van der Waals surface area contributed by atoms with Gasteiger partial charge in [0.1, 0.15) is 6.17 Å². The Kier molecular flexibility index (Phi) is 4.06. The fourth-order valence-corrected chi connectivity index (χ4v) is 3.56. The summed E-state index contributed by atoms with van der Waals surface area (Å²) < 4.78 is 0. The van der Waals surface area contributed by atoms with E-state index in [2.05, 4.69) is 34.5 Å². The molecule has 2 atom stereocenters. The molecule has 1 aliphatic carbocycles. The van der Waals surface area contributed by atoms with Gasteiger partial charge in [-0.2, -0.15) is 0 Å². The van der Waals surface area contributed by atoms with E-state index in [9.17, 15) is 4.79 Å². The number of amides is 1. The minimum atomic E-state index is -0.0662. The molecule has 0 spiro atoms. The number of carbonyl (C=O) groups is 1. The summed E-state index contributed by atoms with van der Waals surface area (Å²) in [6.45, 7) is 1.98. The van der Waals surface area contributed by atoms with Gasteiger partial charge in [0.2, 0.25) is 5.91 Å². The molecule has 0 radical (unpaired) electrons. The number of benzene rings is 1. The molecule has 108 valence electrons. The van der Waals surface area contributed by atoms with Crippen molar-refractivity contribution in [3.8, 4) is 0 Å². The highest BCUT2D eigenvalue weighted by Gasteiger charge is 2.40.